The number of halogens is 5. The predicted molar refractivity (Wildman–Crippen MR) is 127 cm³/mol. The second kappa shape index (κ2) is 9.95. The maximum Gasteiger partial charge on any atom is 0.200 e. The second-order valence-electron chi connectivity index (χ2n) is 8.89. The zero-order chi connectivity index (χ0) is 25.3. The van der Waals surface area contributed by atoms with Gasteiger partial charge in [0, 0.05) is 5.69 Å². The zero-order valence-electron chi connectivity index (χ0n) is 20.0. The van der Waals surface area contributed by atoms with Crippen LogP contribution in [0.2, 0.25) is 0 Å². The maximum absolute atomic E-state index is 14.9. The Hall–Kier alpha value is -3.22. The third kappa shape index (κ3) is 4.69. The average Bonchev–Trinajstić information content (AvgIpc) is 2.78. The molecule has 0 heterocycles. The van der Waals surface area contributed by atoms with E-state index in [1.165, 1.54) is 0 Å². The molecule has 0 unspecified atom stereocenters. The Kier molecular flexibility index (Phi) is 7.44. The number of hydrogen-bond donors (Lipinski definition) is 1. The Morgan fingerprint density at radius 3 is 1.68 bits per heavy atom. The molecule has 0 spiro atoms. The van der Waals surface area contributed by atoms with E-state index in [1.54, 1.807) is 26.0 Å². The van der Waals surface area contributed by atoms with Crippen LogP contribution in [0.5, 0.6) is 0 Å². The fraction of sp³-hybridized carbons (Fsp3) is 0.296. The smallest absolute Gasteiger partial charge is 0.200 e. The molecule has 0 saturated heterocycles. The number of rotatable bonds is 5. The number of nitrogens with one attached hydrogen (secondary N) is 1. The second-order valence-corrected chi connectivity index (χ2v) is 8.89. The molecule has 0 bridgehead atoms. The summed E-state index contributed by atoms with van der Waals surface area (Å²) >= 11 is 0. The summed E-state index contributed by atoms with van der Waals surface area (Å²) in [5, 5.41) is 2.93. The van der Waals surface area contributed by atoms with Gasteiger partial charge < -0.3 is 5.32 Å². The van der Waals surface area contributed by atoms with Gasteiger partial charge >= 0.3 is 0 Å². The van der Waals surface area contributed by atoms with Gasteiger partial charge in [-0.2, -0.15) is 0 Å². The Balaban J connectivity index is 2.39. The lowest BCUT2D eigenvalue weighted by molar-refractivity contribution is 0.377. The molecule has 2 nitrogen and oxygen atoms in total. The first-order valence-electron chi connectivity index (χ1n) is 11.0. The maximum atomic E-state index is 14.9. The lowest BCUT2D eigenvalue weighted by Crippen LogP contribution is -2.22. The van der Waals surface area contributed by atoms with E-state index in [-0.39, 0.29) is 11.8 Å². The van der Waals surface area contributed by atoms with Crippen LogP contribution in [-0.4, -0.2) is 5.84 Å². The largest absolute Gasteiger partial charge is 0.339 e. The van der Waals surface area contributed by atoms with E-state index in [0.29, 0.717) is 16.9 Å². The first-order valence-corrected chi connectivity index (χ1v) is 11.0. The number of aryl methyl sites for hydroxylation is 2. The van der Waals surface area contributed by atoms with Crippen molar-refractivity contribution in [2.75, 3.05) is 5.32 Å². The van der Waals surface area contributed by atoms with Gasteiger partial charge in [0.2, 0.25) is 5.82 Å². The summed E-state index contributed by atoms with van der Waals surface area (Å²) in [7, 11) is 0. The Bertz CT molecular complexity index is 1230. The molecule has 3 aromatic carbocycles. The number of nitrogens with zero attached hydrogens (tertiary/aromatic N) is 1. The topological polar surface area (TPSA) is 24.4 Å². The van der Waals surface area contributed by atoms with Crippen molar-refractivity contribution in [3.8, 4) is 0 Å². The summed E-state index contributed by atoms with van der Waals surface area (Å²) in [5.41, 5.74) is 2.82. The Morgan fingerprint density at radius 2 is 1.15 bits per heavy atom. The van der Waals surface area contributed by atoms with Crippen molar-refractivity contribution in [1.82, 2.24) is 0 Å². The summed E-state index contributed by atoms with van der Waals surface area (Å²) in [4.78, 5) is 4.49. The van der Waals surface area contributed by atoms with Crippen LogP contribution in [0.3, 0.4) is 0 Å². The molecule has 0 aromatic heterocycles. The molecule has 0 amide bonds. The number of amidine groups is 1. The van der Waals surface area contributed by atoms with Crippen LogP contribution in [-0.2, 0) is 0 Å². The van der Waals surface area contributed by atoms with E-state index < -0.39 is 40.5 Å². The zero-order valence-corrected chi connectivity index (χ0v) is 20.0. The van der Waals surface area contributed by atoms with Gasteiger partial charge in [0.15, 0.2) is 23.3 Å². The van der Waals surface area contributed by atoms with Crippen molar-refractivity contribution in [2.45, 2.75) is 53.4 Å². The molecule has 0 saturated carbocycles. The molecule has 0 aliphatic carbocycles. The van der Waals surface area contributed by atoms with Crippen molar-refractivity contribution in [3.05, 3.63) is 93.3 Å². The van der Waals surface area contributed by atoms with Crippen molar-refractivity contribution in [2.24, 2.45) is 4.99 Å². The molecule has 34 heavy (non-hydrogen) atoms. The van der Waals surface area contributed by atoms with E-state index in [9.17, 15) is 22.0 Å². The Morgan fingerprint density at radius 1 is 0.676 bits per heavy atom. The fourth-order valence-electron chi connectivity index (χ4n) is 3.83. The van der Waals surface area contributed by atoms with E-state index in [0.717, 1.165) is 16.7 Å². The fourth-order valence-corrected chi connectivity index (χ4v) is 3.83. The summed E-state index contributed by atoms with van der Waals surface area (Å²) in [5.74, 6) is -10.6. The summed E-state index contributed by atoms with van der Waals surface area (Å²) in [6, 6.07) is 10.9. The van der Waals surface area contributed by atoms with Crippen molar-refractivity contribution in [1.29, 1.82) is 0 Å². The van der Waals surface area contributed by atoms with Gasteiger partial charge in [-0.25, -0.2) is 26.9 Å². The Labute approximate surface area is 196 Å². The molecule has 0 atom stereocenters. The number of benzene rings is 3. The first-order chi connectivity index (χ1) is 16.0. The van der Waals surface area contributed by atoms with Crippen LogP contribution in [0.25, 0.3) is 0 Å². The van der Waals surface area contributed by atoms with E-state index >= 15 is 0 Å². The number of hydrogen-bond acceptors (Lipinski definition) is 1. The van der Waals surface area contributed by atoms with E-state index in [2.05, 4.69) is 10.3 Å². The van der Waals surface area contributed by atoms with Crippen molar-refractivity contribution >= 4 is 17.2 Å². The third-order valence-electron chi connectivity index (χ3n) is 5.73. The summed E-state index contributed by atoms with van der Waals surface area (Å²) in [6.45, 7) is 11.3. The van der Waals surface area contributed by atoms with Crippen LogP contribution in [0.4, 0.5) is 33.3 Å². The number of aliphatic imine (C=N–C) groups is 1. The van der Waals surface area contributed by atoms with Crippen LogP contribution in [0, 0.1) is 42.9 Å². The average molecular weight is 475 g/mol. The van der Waals surface area contributed by atoms with E-state index in [4.69, 9.17) is 0 Å². The minimum atomic E-state index is -2.21. The molecular weight excluding hydrogens is 447 g/mol. The first kappa shape index (κ1) is 25.4. The standard InChI is InChI=1S/C27H27F5N2/c1-13(2)17-11-7-9-15(5)25(17)33-27(19-20(28)22(30)24(32)23(31)21(19)29)34-26-16(6)10-8-12-18(26)14(3)4/h7-14H,1-6H3,(H,33,34). The number of anilines is 1. The molecule has 7 heteroatoms. The molecule has 0 aliphatic heterocycles. The highest BCUT2D eigenvalue weighted by Crippen LogP contribution is 2.34. The lowest BCUT2D eigenvalue weighted by atomic mass is 9.97. The van der Waals surface area contributed by atoms with Gasteiger partial charge in [0.05, 0.1) is 11.3 Å². The normalized spacial score (nSPS) is 12.1. The minimum absolute atomic E-state index is 0.000898. The van der Waals surface area contributed by atoms with Crippen molar-refractivity contribution < 1.29 is 22.0 Å². The van der Waals surface area contributed by atoms with Crippen LogP contribution in [0.15, 0.2) is 41.4 Å². The van der Waals surface area contributed by atoms with Crippen LogP contribution in [0.1, 0.15) is 67.3 Å². The van der Waals surface area contributed by atoms with Gasteiger partial charge in [-0.15, -0.1) is 0 Å². The SMILES string of the molecule is Cc1cccc(C(C)C)c1N=C(Nc1c(C)cccc1C(C)C)c1c(F)c(F)c(F)c(F)c1F. The van der Waals surface area contributed by atoms with Gasteiger partial charge in [0.1, 0.15) is 5.84 Å². The highest BCUT2D eigenvalue weighted by atomic mass is 19.2. The predicted octanol–water partition coefficient (Wildman–Crippen LogP) is 8.44. The molecule has 180 valence electrons. The molecule has 0 aliphatic rings. The van der Waals surface area contributed by atoms with Gasteiger partial charge in [-0.05, 0) is 47.9 Å². The van der Waals surface area contributed by atoms with Gasteiger partial charge in [-0.1, -0.05) is 64.1 Å². The lowest BCUT2D eigenvalue weighted by Gasteiger charge is -2.21. The highest BCUT2D eigenvalue weighted by molar-refractivity contribution is 6.10. The highest BCUT2D eigenvalue weighted by Gasteiger charge is 2.30. The van der Waals surface area contributed by atoms with E-state index in [1.807, 2.05) is 52.0 Å². The molecule has 0 fully saturated rings. The van der Waals surface area contributed by atoms with Gasteiger partial charge in [-0.3, -0.25) is 0 Å². The van der Waals surface area contributed by atoms with Crippen LogP contribution >= 0.6 is 0 Å². The van der Waals surface area contributed by atoms with Crippen molar-refractivity contribution in [3.63, 3.8) is 0 Å². The quantitative estimate of drug-likeness (QED) is 0.130. The number of para-hydroxylation sites is 2. The summed E-state index contributed by atoms with van der Waals surface area (Å²) < 4.78 is 72.0. The molecule has 3 rings (SSSR count). The molecule has 0 radical (unpaired) electrons. The van der Waals surface area contributed by atoms with Gasteiger partial charge in [0.25, 0.3) is 0 Å². The minimum Gasteiger partial charge on any atom is -0.339 e. The molecule has 3 aromatic rings. The molecule has 1 N–H and O–H groups in total. The third-order valence-corrected chi connectivity index (χ3v) is 5.73. The summed E-state index contributed by atoms with van der Waals surface area (Å²) in [6.07, 6.45) is 0. The molecular formula is C27H27F5N2. The monoisotopic (exact) mass is 474 g/mol. The van der Waals surface area contributed by atoms with Crippen LogP contribution < -0.4 is 5.32 Å².